The highest BCUT2D eigenvalue weighted by Gasteiger charge is 2.12. The van der Waals surface area contributed by atoms with Crippen molar-refractivity contribution < 1.29 is 9.59 Å². The van der Waals surface area contributed by atoms with E-state index >= 15 is 0 Å². The number of aromatic nitrogens is 1. The predicted molar refractivity (Wildman–Crippen MR) is 133 cm³/mol. The third kappa shape index (κ3) is 5.65. The number of fused-ring (bicyclic) bond motifs is 1. The van der Waals surface area contributed by atoms with E-state index in [4.69, 9.17) is 11.6 Å². The van der Waals surface area contributed by atoms with Gasteiger partial charge in [0.2, 0.25) is 5.91 Å². The molecule has 3 aromatic carbocycles. The van der Waals surface area contributed by atoms with Gasteiger partial charge in [0.05, 0.1) is 21.5 Å². The van der Waals surface area contributed by atoms with Gasteiger partial charge in [-0.15, -0.1) is 11.3 Å². The zero-order chi connectivity index (χ0) is 21.8. The van der Waals surface area contributed by atoms with Gasteiger partial charge < -0.3 is 10.6 Å². The summed E-state index contributed by atoms with van der Waals surface area (Å²) in [6.45, 7) is 0. The molecule has 1 aromatic heterocycles. The lowest BCUT2D eigenvalue weighted by molar-refractivity contribution is -0.113. The smallest absolute Gasteiger partial charge is 0.256 e. The monoisotopic (exact) mass is 531 g/mol. The maximum absolute atomic E-state index is 12.5. The summed E-state index contributed by atoms with van der Waals surface area (Å²) in [5.74, 6) is -0.0635. The normalized spacial score (nSPS) is 10.8. The number of nitrogens with one attached hydrogen (secondary N) is 2. The molecule has 1 heterocycles. The Labute approximate surface area is 200 Å². The number of thiazole rings is 1. The molecule has 156 valence electrons. The third-order valence-corrected chi connectivity index (χ3v) is 7.30. The summed E-state index contributed by atoms with van der Waals surface area (Å²) in [7, 11) is 0. The molecule has 2 N–H and O–H groups in total. The van der Waals surface area contributed by atoms with Gasteiger partial charge >= 0.3 is 0 Å². The lowest BCUT2D eigenvalue weighted by atomic mass is 10.2. The van der Waals surface area contributed by atoms with Gasteiger partial charge in [-0.05, 0) is 70.5 Å². The SMILES string of the molecule is O=C(CSc1nc2ccc(NC(=O)c3ccccc3Br)cc2s1)Nc1ccc(Cl)cc1. The van der Waals surface area contributed by atoms with Gasteiger partial charge in [-0.1, -0.05) is 35.5 Å². The summed E-state index contributed by atoms with van der Waals surface area (Å²) < 4.78 is 2.46. The molecule has 0 saturated carbocycles. The number of hydrogen-bond acceptors (Lipinski definition) is 5. The summed E-state index contributed by atoms with van der Waals surface area (Å²) in [5, 5.41) is 6.36. The van der Waals surface area contributed by atoms with Gasteiger partial charge in [0.15, 0.2) is 4.34 Å². The van der Waals surface area contributed by atoms with Crippen molar-refractivity contribution in [1.29, 1.82) is 0 Å². The maximum Gasteiger partial charge on any atom is 0.256 e. The van der Waals surface area contributed by atoms with Crippen LogP contribution in [0, 0.1) is 0 Å². The summed E-state index contributed by atoms with van der Waals surface area (Å²) in [6, 6.07) is 19.8. The Morgan fingerprint density at radius 2 is 1.74 bits per heavy atom. The Kier molecular flexibility index (Phi) is 6.92. The molecule has 0 saturated heterocycles. The molecule has 0 spiro atoms. The van der Waals surface area contributed by atoms with E-state index in [0.29, 0.717) is 22.0 Å². The number of hydrogen-bond donors (Lipinski definition) is 2. The molecule has 0 unspecified atom stereocenters. The average Bonchev–Trinajstić information content (AvgIpc) is 3.16. The van der Waals surface area contributed by atoms with Crippen molar-refractivity contribution in [2.24, 2.45) is 0 Å². The van der Waals surface area contributed by atoms with E-state index in [9.17, 15) is 9.59 Å². The molecule has 31 heavy (non-hydrogen) atoms. The lowest BCUT2D eigenvalue weighted by Crippen LogP contribution is -2.13. The average molecular weight is 533 g/mol. The molecule has 0 atom stereocenters. The molecular formula is C22H15BrClN3O2S2. The Hall–Kier alpha value is -2.39. The van der Waals surface area contributed by atoms with Crippen LogP contribution in [0.2, 0.25) is 5.02 Å². The Morgan fingerprint density at radius 1 is 1.00 bits per heavy atom. The number of carbonyl (C=O) groups is 2. The van der Waals surface area contributed by atoms with Crippen molar-refractivity contribution in [3.63, 3.8) is 0 Å². The molecule has 4 aromatic rings. The number of halogens is 2. The van der Waals surface area contributed by atoms with Gasteiger partial charge in [-0.25, -0.2) is 4.98 Å². The first kappa shape index (κ1) is 21.8. The quantitative estimate of drug-likeness (QED) is 0.271. The number of benzene rings is 3. The molecular weight excluding hydrogens is 518 g/mol. The van der Waals surface area contributed by atoms with E-state index < -0.39 is 0 Å². The predicted octanol–water partition coefficient (Wildman–Crippen LogP) is 6.70. The van der Waals surface area contributed by atoms with Crippen LogP contribution in [0.1, 0.15) is 10.4 Å². The fraction of sp³-hybridized carbons (Fsp3) is 0.0455. The van der Waals surface area contributed by atoms with Gasteiger partial charge in [-0.3, -0.25) is 9.59 Å². The van der Waals surface area contributed by atoms with Crippen LogP contribution in [0.25, 0.3) is 10.2 Å². The largest absolute Gasteiger partial charge is 0.325 e. The van der Waals surface area contributed by atoms with E-state index in [-0.39, 0.29) is 17.6 Å². The summed E-state index contributed by atoms with van der Waals surface area (Å²) in [4.78, 5) is 29.3. The second-order valence-electron chi connectivity index (χ2n) is 6.44. The molecule has 0 fully saturated rings. The van der Waals surface area contributed by atoms with Crippen molar-refractivity contribution in [2.75, 3.05) is 16.4 Å². The summed E-state index contributed by atoms with van der Waals surface area (Å²) in [5.41, 5.74) is 2.78. The van der Waals surface area contributed by atoms with Crippen molar-refractivity contribution in [2.45, 2.75) is 4.34 Å². The third-order valence-electron chi connectivity index (χ3n) is 4.20. The number of thioether (sulfide) groups is 1. The molecule has 0 aliphatic rings. The first-order valence-electron chi connectivity index (χ1n) is 9.12. The van der Waals surface area contributed by atoms with E-state index in [1.54, 1.807) is 30.3 Å². The second-order valence-corrected chi connectivity index (χ2v) is 9.98. The van der Waals surface area contributed by atoms with Crippen molar-refractivity contribution >= 4 is 84.0 Å². The molecule has 0 aliphatic carbocycles. The van der Waals surface area contributed by atoms with Crippen LogP contribution in [-0.4, -0.2) is 22.6 Å². The van der Waals surface area contributed by atoms with Crippen molar-refractivity contribution in [1.82, 2.24) is 4.98 Å². The highest BCUT2D eigenvalue weighted by molar-refractivity contribution is 9.10. The van der Waals surface area contributed by atoms with Crippen LogP contribution in [0.4, 0.5) is 11.4 Å². The minimum Gasteiger partial charge on any atom is -0.325 e. The maximum atomic E-state index is 12.5. The lowest BCUT2D eigenvalue weighted by Gasteiger charge is -2.06. The Bertz CT molecular complexity index is 1260. The van der Waals surface area contributed by atoms with Crippen molar-refractivity contribution in [3.8, 4) is 0 Å². The Morgan fingerprint density at radius 3 is 2.52 bits per heavy atom. The standard InChI is InChI=1S/C22H15BrClN3O2S2/c23-17-4-2-1-3-16(17)21(29)26-15-9-10-18-19(11-15)31-22(27-18)30-12-20(28)25-14-7-5-13(24)6-8-14/h1-11H,12H2,(H,25,28)(H,26,29). The van der Waals surface area contributed by atoms with E-state index in [0.717, 1.165) is 19.0 Å². The number of nitrogens with zero attached hydrogens (tertiary/aromatic N) is 1. The minimum absolute atomic E-state index is 0.118. The highest BCUT2D eigenvalue weighted by atomic mass is 79.9. The van der Waals surface area contributed by atoms with Crippen LogP contribution < -0.4 is 10.6 Å². The highest BCUT2D eigenvalue weighted by Crippen LogP contribution is 2.31. The zero-order valence-electron chi connectivity index (χ0n) is 15.9. The molecule has 9 heteroatoms. The molecule has 2 amide bonds. The first-order valence-corrected chi connectivity index (χ1v) is 12.1. The molecule has 0 radical (unpaired) electrons. The van der Waals surface area contributed by atoms with Crippen LogP contribution in [0.3, 0.4) is 0 Å². The number of anilines is 2. The molecule has 4 rings (SSSR count). The number of rotatable bonds is 6. The molecule has 0 bridgehead atoms. The minimum atomic E-state index is -0.190. The van der Waals surface area contributed by atoms with E-state index in [1.807, 2.05) is 36.4 Å². The van der Waals surface area contributed by atoms with Crippen molar-refractivity contribution in [3.05, 3.63) is 81.8 Å². The van der Waals surface area contributed by atoms with Gasteiger partial charge in [0.25, 0.3) is 5.91 Å². The van der Waals surface area contributed by atoms with Crippen LogP contribution in [0.15, 0.2) is 75.5 Å². The van der Waals surface area contributed by atoms with Gasteiger partial charge in [0, 0.05) is 20.9 Å². The summed E-state index contributed by atoms with van der Waals surface area (Å²) >= 11 is 12.1. The van der Waals surface area contributed by atoms with Crippen LogP contribution >= 0.6 is 50.6 Å². The number of carbonyl (C=O) groups excluding carboxylic acids is 2. The summed E-state index contributed by atoms with van der Waals surface area (Å²) in [6.07, 6.45) is 0. The number of amides is 2. The van der Waals surface area contributed by atoms with Gasteiger partial charge in [-0.2, -0.15) is 0 Å². The zero-order valence-corrected chi connectivity index (χ0v) is 19.9. The molecule has 0 aliphatic heterocycles. The first-order chi connectivity index (χ1) is 15.0. The van der Waals surface area contributed by atoms with E-state index in [2.05, 4.69) is 31.5 Å². The fourth-order valence-electron chi connectivity index (χ4n) is 2.74. The fourth-order valence-corrected chi connectivity index (χ4v) is 5.24. The Balaban J connectivity index is 1.39. The van der Waals surface area contributed by atoms with E-state index in [1.165, 1.54) is 23.1 Å². The van der Waals surface area contributed by atoms with Crippen LogP contribution in [0.5, 0.6) is 0 Å². The molecule has 5 nitrogen and oxygen atoms in total. The van der Waals surface area contributed by atoms with Crippen LogP contribution in [-0.2, 0) is 4.79 Å². The van der Waals surface area contributed by atoms with Gasteiger partial charge in [0.1, 0.15) is 0 Å². The topological polar surface area (TPSA) is 71.1 Å². The second kappa shape index (κ2) is 9.82.